The second-order valence-electron chi connectivity index (χ2n) is 10.4. The number of hydrogen-bond donors (Lipinski definition) is 3. The molecule has 1 aromatic carbocycles. The highest BCUT2D eigenvalue weighted by Crippen LogP contribution is 2.42. The Kier molecular flexibility index (Phi) is 7.05. The molecule has 2 atom stereocenters. The van der Waals surface area contributed by atoms with Gasteiger partial charge >= 0.3 is 12.1 Å². The van der Waals surface area contributed by atoms with Crippen LogP contribution >= 0.6 is 0 Å². The van der Waals surface area contributed by atoms with Crippen molar-refractivity contribution in [3.05, 3.63) is 40.7 Å². The van der Waals surface area contributed by atoms with E-state index in [1.54, 1.807) is 12.1 Å². The van der Waals surface area contributed by atoms with Gasteiger partial charge in [0.1, 0.15) is 6.10 Å². The van der Waals surface area contributed by atoms with Crippen molar-refractivity contribution in [2.24, 2.45) is 16.9 Å². The van der Waals surface area contributed by atoms with Gasteiger partial charge in [-0.25, -0.2) is 4.68 Å². The molecule has 1 saturated carbocycles. The van der Waals surface area contributed by atoms with Crippen molar-refractivity contribution < 1.29 is 27.5 Å². The molecule has 1 fully saturated rings. The summed E-state index contributed by atoms with van der Waals surface area (Å²) in [4.78, 5) is 23.7. The molecule has 1 amide bonds. The summed E-state index contributed by atoms with van der Waals surface area (Å²) in [5, 5.41) is 7.30. The first-order valence-electron chi connectivity index (χ1n) is 12.2. The van der Waals surface area contributed by atoms with Crippen LogP contribution in [0.4, 0.5) is 18.9 Å². The van der Waals surface area contributed by atoms with Gasteiger partial charge in [-0.1, -0.05) is 13.8 Å². The Bertz CT molecular complexity index is 1160. The minimum absolute atomic E-state index is 0.126. The molecule has 0 radical (unpaired) electrons. The molecule has 11 heteroatoms. The third-order valence-electron chi connectivity index (χ3n) is 7.02. The van der Waals surface area contributed by atoms with Crippen molar-refractivity contribution in [1.82, 2.24) is 9.78 Å². The van der Waals surface area contributed by atoms with Crippen LogP contribution in [0.5, 0.6) is 0 Å². The largest absolute Gasteiger partial charge is 0.461 e. The number of rotatable bonds is 6. The summed E-state index contributed by atoms with van der Waals surface area (Å²) in [5.41, 5.74) is 11.7. The second kappa shape index (κ2) is 9.76. The number of carbonyl (C=O) groups is 2. The Balaban J connectivity index is 1.69. The van der Waals surface area contributed by atoms with E-state index in [1.807, 2.05) is 13.8 Å². The number of primary amides is 1. The zero-order chi connectivity index (χ0) is 26.3. The van der Waals surface area contributed by atoms with Gasteiger partial charge in [0.05, 0.1) is 17.8 Å². The average molecular weight is 508 g/mol. The number of esters is 1. The molecular formula is C25H32F3N5O3. The van der Waals surface area contributed by atoms with Crippen LogP contribution in [-0.2, 0) is 28.5 Å². The zero-order valence-electron chi connectivity index (χ0n) is 20.5. The van der Waals surface area contributed by atoms with Gasteiger partial charge in [0.15, 0.2) is 5.69 Å². The first kappa shape index (κ1) is 26.0. The van der Waals surface area contributed by atoms with Crippen molar-refractivity contribution in [3.63, 3.8) is 0 Å². The monoisotopic (exact) mass is 507 g/mol. The number of aromatic nitrogens is 2. The van der Waals surface area contributed by atoms with Crippen LogP contribution in [0.3, 0.4) is 0 Å². The van der Waals surface area contributed by atoms with Gasteiger partial charge in [-0.3, -0.25) is 9.59 Å². The lowest BCUT2D eigenvalue weighted by Crippen LogP contribution is -2.34. The molecule has 1 heterocycles. The number of nitrogens with one attached hydrogen (secondary N) is 1. The Morgan fingerprint density at radius 1 is 1.28 bits per heavy atom. The number of hydrogen-bond acceptors (Lipinski definition) is 6. The number of anilines is 1. The van der Waals surface area contributed by atoms with Gasteiger partial charge in [-0.15, -0.1) is 0 Å². The minimum atomic E-state index is -4.57. The van der Waals surface area contributed by atoms with Gasteiger partial charge in [0.2, 0.25) is 0 Å². The maximum Gasteiger partial charge on any atom is 0.435 e. The van der Waals surface area contributed by atoms with E-state index in [4.69, 9.17) is 16.2 Å². The van der Waals surface area contributed by atoms with E-state index < -0.39 is 23.7 Å². The van der Waals surface area contributed by atoms with Crippen molar-refractivity contribution in [2.45, 2.75) is 77.1 Å². The van der Waals surface area contributed by atoms with Crippen molar-refractivity contribution in [3.8, 4) is 5.69 Å². The predicted molar refractivity (Wildman–Crippen MR) is 128 cm³/mol. The number of carbonyl (C=O) groups excluding carboxylic acids is 2. The molecule has 4 rings (SSSR count). The number of alkyl halides is 3. The van der Waals surface area contributed by atoms with Crippen LogP contribution in [0.1, 0.15) is 73.3 Å². The Morgan fingerprint density at radius 2 is 2.03 bits per heavy atom. The normalized spacial score (nSPS) is 21.5. The summed E-state index contributed by atoms with van der Waals surface area (Å²) in [6.45, 7) is 3.86. The summed E-state index contributed by atoms with van der Waals surface area (Å²) >= 11 is 0. The fraction of sp³-hybridized carbons (Fsp3) is 0.560. The van der Waals surface area contributed by atoms with E-state index in [-0.39, 0.29) is 35.2 Å². The standard InChI is InChI=1S/C25H32F3N5O3/c1-24(2)9-8-18-20(12-24)33(32-22(18)25(26,27)28)15-6-7-17(23(30)35)19(11-15)31-14-4-3-5-16(10-14)36-21(34)13-29/h6-7,11,14,16,31H,3-5,8-10,12-13,29H2,1-2H3,(H2,30,35)/t14?,16-/m0/s1. The number of ether oxygens (including phenoxy) is 1. The minimum Gasteiger partial charge on any atom is -0.461 e. The highest BCUT2D eigenvalue weighted by atomic mass is 19.4. The van der Waals surface area contributed by atoms with E-state index in [1.165, 1.54) is 10.7 Å². The second-order valence-corrected chi connectivity index (χ2v) is 10.4. The third kappa shape index (κ3) is 5.50. The Hall–Kier alpha value is -3.08. The number of benzene rings is 1. The van der Waals surface area contributed by atoms with Crippen molar-refractivity contribution >= 4 is 17.6 Å². The summed E-state index contributed by atoms with van der Waals surface area (Å²) < 4.78 is 48.2. The lowest BCUT2D eigenvalue weighted by atomic mass is 9.76. The summed E-state index contributed by atoms with van der Waals surface area (Å²) in [6.07, 6.45) is -0.703. The molecule has 1 aromatic heterocycles. The van der Waals surface area contributed by atoms with E-state index in [9.17, 15) is 22.8 Å². The fourth-order valence-electron chi connectivity index (χ4n) is 5.21. The molecule has 0 aliphatic heterocycles. The molecule has 196 valence electrons. The van der Waals surface area contributed by atoms with Crippen molar-refractivity contribution in [2.75, 3.05) is 11.9 Å². The van der Waals surface area contributed by atoms with Gasteiger partial charge in [-0.05, 0) is 62.1 Å². The molecule has 0 bridgehead atoms. The summed E-state index contributed by atoms with van der Waals surface area (Å²) in [6, 6.07) is 4.56. The molecule has 2 aromatic rings. The molecule has 0 spiro atoms. The molecule has 36 heavy (non-hydrogen) atoms. The number of nitrogens with zero attached hydrogens (tertiary/aromatic N) is 2. The SMILES string of the molecule is CC1(C)CCc2c(C(F)(F)F)nn(-c3ccc(C(N)=O)c(NC4CCC[C@H](OC(=O)CN)C4)c3)c2C1. The van der Waals surface area contributed by atoms with Gasteiger partial charge in [-0.2, -0.15) is 18.3 Å². The number of amides is 1. The van der Waals surface area contributed by atoms with Crippen molar-refractivity contribution in [1.29, 1.82) is 0 Å². The van der Waals surface area contributed by atoms with Crippen LogP contribution in [0.15, 0.2) is 18.2 Å². The first-order valence-corrected chi connectivity index (χ1v) is 12.2. The molecule has 2 aliphatic carbocycles. The van der Waals surface area contributed by atoms with Gasteiger partial charge in [0, 0.05) is 29.4 Å². The third-order valence-corrected chi connectivity index (χ3v) is 7.02. The zero-order valence-corrected chi connectivity index (χ0v) is 20.5. The Morgan fingerprint density at radius 3 is 2.69 bits per heavy atom. The molecule has 5 N–H and O–H groups in total. The van der Waals surface area contributed by atoms with Gasteiger partial charge in [0.25, 0.3) is 5.91 Å². The highest BCUT2D eigenvalue weighted by molar-refractivity contribution is 5.99. The quantitative estimate of drug-likeness (QED) is 0.512. The van der Waals surface area contributed by atoms with Gasteiger partial charge < -0.3 is 21.5 Å². The van der Waals surface area contributed by atoms with E-state index in [0.29, 0.717) is 49.2 Å². The predicted octanol–water partition coefficient (Wildman–Crippen LogP) is 3.73. The maximum atomic E-state index is 13.8. The molecular weight excluding hydrogens is 475 g/mol. The van der Waals surface area contributed by atoms with E-state index >= 15 is 0 Å². The molecule has 1 unspecified atom stereocenters. The van der Waals surface area contributed by atoms with Crippen LogP contribution in [-0.4, -0.2) is 40.3 Å². The number of halogens is 3. The average Bonchev–Trinajstić information content (AvgIpc) is 3.17. The van der Waals surface area contributed by atoms with Crippen LogP contribution < -0.4 is 16.8 Å². The fourth-order valence-corrected chi connectivity index (χ4v) is 5.21. The number of fused-ring (bicyclic) bond motifs is 1. The van der Waals surface area contributed by atoms with Crippen LogP contribution in [0, 0.1) is 5.41 Å². The van der Waals surface area contributed by atoms with Crippen LogP contribution in [0.25, 0.3) is 5.69 Å². The Labute approximate surface area is 207 Å². The van der Waals surface area contributed by atoms with E-state index in [0.717, 1.165) is 12.8 Å². The molecule has 0 saturated heterocycles. The highest BCUT2D eigenvalue weighted by Gasteiger charge is 2.42. The lowest BCUT2D eigenvalue weighted by Gasteiger charge is -2.31. The smallest absolute Gasteiger partial charge is 0.435 e. The van der Waals surface area contributed by atoms with Crippen LogP contribution in [0.2, 0.25) is 0 Å². The molecule has 2 aliphatic rings. The number of nitrogens with two attached hydrogens (primary N) is 2. The molecule has 8 nitrogen and oxygen atoms in total. The van der Waals surface area contributed by atoms with E-state index in [2.05, 4.69) is 10.4 Å². The lowest BCUT2D eigenvalue weighted by molar-refractivity contribution is -0.148. The topological polar surface area (TPSA) is 125 Å². The maximum absolute atomic E-state index is 13.8. The summed E-state index contributed by atoms with van der Waals surface area (Å²) in [7, 11) is 0. The summed E-state index contributed by atoms with van der Waals surface area (Å²) in [5.74, 6) is -1.14. The first-order chi connectivity index (χ1) is 16.9.